The van der Waals surface area contributed by atoms with Gasteiger partial charge in [0.2, 0.25) is 0 Å². The standard InChI is InChI=1S/C14H21NO2/c1-3-4-5-9-13(15)11-7-6-8-12(10-11)14(16)17-2/h6-8,10,13H,3-5,9,15H2,1-2H3/t13-/m1/s1. The average Bonchev–Trinajstić information content (AvgIpc) is 2.38. The molecule has 0 aliphatic heterocycles. The molecule has 0 saturated heterocycles. The van der Waals surface area contributed by atoms with Crippen molar-refractivity contribution < 1.29 is 9.53 Å². The van der Waals surface area contributed by atoms with Crippen molar-refractivity contribution >= 4 is 5.97 Å². The third-order valence-electron chi connectivity index (χ3n) is 2.85. The van der Waals surface area contributed by atoms with E-state index in [0.29, 0.717) is 5.56 Å². The van der Waals surface area contributed by atoms with Gasteiger partial charge in [0, 0.05) is 6.04 Å². The van der Waals surface area contributed by atoms with E-state index in [9.17, 15) is 4.79 Å². The number of unbranched alkanes of at least 4 members (excludes halogenated alkanes) is 2. The summed E-state index contributed by atoms with van der Waals surface area (Å²) in [5.41, 5.74) is 7.66. The zero-order chi connectivity index (χ0) is 12.7. The maximum atomic E-state index is 11.4. The maximum Gasteiger partial charge on any atom is 0.337 e. The summed E-state index contributed by atoms with van der Waals surface area (Å²) in [4.78, 5) is 11.4. The highest BCUT2D eigenvalue weighted by molar-refractivity contribution is 5.89. The molecular weight excluding hydrogens is 214 g/mol. The summed E-state index contributed by atoms with van der Waals surface area (Å²) in [5.74, 6) is -0.312. The van der Waals surface area contributed by atoms with Gasteiger partial charge in [0.15, 0.2) is 0 Å². The van der Waals surface area contributed by atoms with Crippen LogP contribution in [0, 0.1) is 0 Å². The van der Waals surface area contributed by atoms with Crippen LogP contribution in [0.1, 0.15) is 54.6 Å². The van der Waals surface area contributed by atoms with Crippen LogP contribution in [0.4, 0.5) is 0 Å². The molecule has 0 aliphatic carbocycles. The summed E-state index contributed by atoms with van der Waals surface area (Å²) >= 11 is 0. The summed E-state index contributed by atoms with van der Waals surface area (Å²) < 4.78 is 4.69. The van der Waals surface area contributed by atoms with E-state index in [0.717, 1.165) is 18.4 Å². The molecule has 0 bridgehead atoms. The van der Waals surface area contributed by atoms with E-state index in [1.165, 1.54) is 20.0 Å². The number of rotatable bonds is 6. The Morgan fingerprint density at radius 2 is 2.18 bits per heavy atom. The van der Waals surface area contributed by atoms with E-state index in [1.807, 2.05) is 18.2 Å². The van der Waals surface area contributed by atoms with Crippen LogP contribution in [0.3, 0.4) is 0 Å². The highest BCUT2D eigenvalue weighted by Gasteiger charge is 2.10. The normalized spacial score (nSPS) is 12.2. The van der Waals surface area contributed by atoms with Crippen LogP contribution < -0.4 is 5.73 Å². The summed E-state index contributed by atoms with van der Waals surface area (Å²) in [5, 5.41) is 0. The zero-order valence-electron chi connectivity index (χ0n) is 10.6. The summed E-state index contributed by atoms with van der Waals surface area (Å²) in [6.07, 6.45) is 4.47. The Morgan fingerprint density at radius 1 is 1.41 bits per heavy atom. The number of carbonyl (C=O) groups excluding carboxylic acids is 1. The number of methoxy groups -OCH3 is 1. The van der Waals surface area contributed by atoms with Crippen molar-refractivity contribution in [3.8, 4) is 0 Å². The average molecular weight is 235 g/mol. The molecule has 0 unspecified atom stereocenters. The van der Waals surface area contributed by atoms with E-state index >= 15 is 0 Å². The van der Waals surface area contributed by atoms with Gasteiger partial charge in [-0.3, -0.25) is 0 Å². The number of carbonyl (C=O) groups is 1. The van der Waals surface area contributed by atoms with Crippen molar-refractivity contribution in [1.29, 1.82) is 0 Å². The van der Waals surface area contributed by atoms with Gasteiger partial charge in [0.05, 0.1) is 12.7 Å². The van der Waals surface area contributed by atoms with E-state index < -0.39 is 0 Å². The Kier molecular flexibility index (Phi) is 5.70. The molecule has 0 saturated carbocycles. The van der Waals surface area contributed by atoms with E-state index in [4.69, 9.17) is 5.73 Å². The lowest BCUT2D eigenvalue weighted by Gasteiger charge is -2.12. The quantitative estimate of drug-likeness (QED) is 0.609. The molecule has 0 aromatic heterocycles. The van der Waals surface area contributed by atoms with Gasteiger partial charge in [0.25, 0.3) is 0 Å². The molecule has 1 rings (SSSR count). The summed E-state index contributed by atoms with van der Waals surface area (Å²) in [6, 6.07) is 7.38. The number of ether oxygens (including phenoxy) is 1. The smallest absolute Gasteiger partial charge is 0.337 e. The topological polar surface area (TPSA) is 52.3 Å². The molecule has 2 N–H and O–H groups in total. The fourth-order valence-corrected chi connectivity index (χ4v) is 1.80. The lowest BCUT2D eigenvalue weighted by Crippen LogP contribution is -2.11. The van der Waals surface area contributed by atoms with Gasteiger partial charge in [-0.05, 0) is 24.1 Å². The van der Waals surface area contributed by atoms with Crippen LogP contribution in [0.2, 0.25) is 0 Å². The Bertz CT molecular complexity index is 363. The molecule has 3 nitrogen and oxygen atoms in total. The van der Waals surface area contributed by atoms with Crippen molar-refractivity contribution in [3.05, 3.63) is 35.4 Å². The van der Waals surface area contributed by atoms with Gasteiger partial charge in [-0.25, -0.2) is 4.79 Å². The number of hydrogen-bond acceptors (Lipinski definition) is 3. The molecule has 0 heterocycles. The summed E-state index contributed by atoms with van der Waals surface area (Å²) in [6.45, 7) is 2.17. The fraction of sp³-hybridized carbons (Fsp3) is 0.500. The third-order valence-corrected chi connectivity index (χ3v) is 2.85. The molecule has 17 heavy (non-hydrogen) atoms. The molecule has 3 heteroatoms. The van der Waals surface area contributed by atoms with Gasteiger partial charge in [-0.15, -0.1) is 0 Å². The molecule has 1 aromatic rings. The van der Waals surface area contributed by atoms with Gasteiger partial charge >= 0.3 is 5.97 Å². The zero-order valence-corrected chi connectivity index (χ0v) is 10.6. The second kappa shape index (κ2) is 7.07. The van der Waals surface area contributed by atoms with Gasteiger partial charge < -0.3 is 10.5 Å². The third kappa shape index (κ3) is 4.19. The van der Waals surface area contributed by atoms with Crippen LogP contribution >= 0.6 is 0 Å². The number of benzene rings is 1. The monoisotopic (exact) mass is 235 g/mol. The number of hydrogen-bond donors (Lipinski definition) is 1. The first-order valence-electron chi connectivity index (χ1n) is 6.13. The Hall–Kier alpha value is -1.35. The molecule has 0 aliphatic rings. The molecular formula is C14H21NO2. The Labute approximate surface area is 103 Å². The first-order chi connectivity index (χ1) is 8.19. The minimum absolute atomic E-state index is 0.00570. The lowest BCUT2D eigenvalue weighted by molar-refractivity contribution is 0.0600. The largest absolute Gasteiger partial charge is 0.465 e. The Balaban J connectivity index is 2.67. The Morgan fingerprint density at radius 3 is 2.82 bits per heavy atom. The van der Waals surface area contributed by atoms with E-state index in [-0.39, 0.29) is 12.0 Å². The van der Waals surface area contributed by atoms with Crippen molar-refractivity contribution in [2.45, 2.75) is 38.6 Å². The van der Waals surface area contributed by atoms with Gasteiger partial charge in [0.1, 0.15) is 0 Å². The van der Waals surface area contributed by atoms with Crippen LogP contribution in [-0.4, -0.2) is 13.1 Å². The molecule has 0 fully saturated rings. The number of esters is 1. The predicted octanol–water partition coefficient (Wildman–Crippen LogP) is 3.05. The van der Waals surface area contributed by atoms with Crippen molar-refractivity contribution in [2.75, 3.05) is 7.11 Å². The molecule has 94 valence electrons. The second-order valence-electron chi connectivity index (χ2n) is 4.22. The highest BCUT2D eigenvalue weighted by Crippen LogP contribution is 2.18. The molecule has 0 radical (unpaired) electrons. The first kappa shape index (κ1) is 13.7. The molecule has 0 amide bonds. The van der Waals surface area contributed by atoms with Crippen molar-refractivity contribution in [1.82, 2.24) is 0 Å². The first-order valence-corrected chi connectivity index (χ1v) is 6.13. The van der Waals surface area contributed by atoms with E-state index in [2.05, 4.69) is 11.7 Å². The summed E-state index contributed by atoms with van der Waals surface area (Å²) in [7, 11) is 1.39. The van der Waals surface area contributed by atoms with Crippen LogP contribution in [-0.2, 0) is 4.74 Å². The van der Waals surface area contributed by atoms with Crippen LogP contribution in [0.15, 0.2) is 24.3 Å². The lowest BCUT2D eigenvalue weighted by atomic mass is 9.99. The van der Waals surface area contributed by atoms with E-state index in [1.54, 1.807) is 6.07 Å². The predicted molar refractivity (Wildman–Crippen MR) is 68.9 cm³/mol. The van der Waals surface area contributed by atoms with Crippen LogP contribution in [0.25, 0.3) is 0 Å². The SMILES string of the molecule is CCCCC[C@@H](N)c1cccc(C(=O)OC)c1. The van der Waals surface area contributed by atoms with Gasteiger partial charge in [-0.1, -0.05) is 38.3 Å². The minimum atomic E-state index is -0.312. The van der Waals surface area contributed by atoms with Gasteiger partial charge in [-0.2, -0.15) is 0 Å². The number of nitrogens with two attached hydrogens (primary N) is 1. The molecule has 1 atom stereocenters. The highest BCUT2D eigenvalue weighted by atomic mass is 16.5. The fourth-order valence-electron chi connectivity index (χ4n) is 1.80. The maximum absolute atomic E-state index is 11.4. The second-order valence-corrected chi connectivity index (χ2v) is 4.22. The molecule has 0 spiro atoms. The minimum Gasteiger partial charge on any atom is -0.465 e. The van der Waals surface area contributed by atoms with Crippen molar-refractivity contribution in [3.63, 3.8) is 0 Å². The van der Waals surface area contributed by atoms with Crippen LogP contribution in [0.5, 0.6) is 0 Å². The van der Waals surface area contributed by atoms with Crippen molar-refractivity contribution in [2.24, 2.45) is 5.73 Å². The molecule has 1 aromatic carbocycles.